The molecule has 16 heavy (non-hydrogen) atoms. The highest BCUT2D eigenvalue weighted by atomic mass is 32.1. The lowest BCUT2D eigenvalue weighted by Gasteiger charge is -2.07. The van der Waals surface area contributed by atoms with Crippen molar-refractivity contribution in [2.45, 2.75) is 46.5 Å². The molecule has 2 rings (SSSR count). The number of carbonyl (C=O) groups is 1. The van der Waals surface area contributed by atoms with Crippen LogP contribution in [0.25, 0.3) is 0 Å². The molecule has 4 heteroatoms. The van der Waals surface area contributed by atoms with E-state index in [-0.39, 0.29) is 11.8 Å². The molecule has 0 unspecified atom stereocenters. The summed E-state index contributed by atoms with van der Waals surface area (Å²) in [6, 6.07) is 0. The minimum absolute atomic E-state index is 0.150. The van der Waals surface area contributed by atoms with Crippen LogP contribution < -0.4 is 5.32 Å². The third-order valence-corrected chi connectivity index (χ3v) is 3.45. The quantitative estimate of drug-likeness (QED) is 0.858. The van der Waals surface area contributed by atoms with Crippen LogP contribution in [0.2, 0.25) is 0 Å². The van der Waals surface area contributed by atoms with Crippen molar-refractivity contribution in [1.29, 1.82) is 0 Å². The molecule has 0 spiro atoms. The van der Waals surface area contributed by atoms with Gasteiger partial charge in [0, 0.05) is 11.3 Å². The van der Waals surface area contributed by atoms with Gasteiger partial charge in [-0.15, -0.1) is 11.3 Å². The molecule has 0 aromatic carbocycles. The summed E-state index contributed by atoms with van der Waals surface area (Å²) < 4.78 is 0. The van der Waals surface area contributed by atoms with Gasteiger partial charge in [-0.1, -0.05) is 26.7 Å². The van der Waals surface area contributed by atoms with E-state index in [9.17, 15) is 4.79 Å². The van der Waals surface area contributed by atoms with E-state index in [1.165, 1.54) is 24.2 Å². The molecule has 1 aromatic heterocycles. The number of thiazole rings is 1. The van der Waals surface area contributed by atoms with Gasteiger partial charge in [0.1, 0.15) is 0 Å². The van der Waals surface area contributed by atoms with Gasteiger partial charge in [0.2, 0.25) is 5.91 Å². The van der Waals surface area contributed by atoms with E-state index in [4.69, 9.17) is 0 Å². The van der Waals surface area contributed by atoms with Gasteiger partial charge in [0.15, 0.2) is 5.13 Å². The number of anilines is 1. The van der Waals surface area contributed by atoms with Gasteiger partial charge in [-0.05, 0) is 19.8 Å². The minimum Gasteiger partial charge on any atom is -0.302 e. The van der Waals surface area contributed by atoms with Gasteiger partial charge >= 0.3 is 0 Å². The number of hydrogen-bond acceptors (Lipinski definition) is 3. The van der Waals surface area contributed by atoms with Crippen molar-refractivity contribution >= 4 is 22.4 Å². The monoisotopic (exact) mass is 240 g/mol. The normalized spacial score (nSPS) is 15.4. The van der Waals surface area contributed by atoms with Crippen LogP contribution in [0.15, 0.2) is 5.38 Å². The van der Waals surface area contributed by atoms with Crippen molar-refractivity contribution in [3.8, 4) is 0 Å². The molecular formula is C12H20N2OS. The van der Waals surface area contributed by atoms with Gasteiger partial charge in [-0.25, -0.2) is 4.98 Å². The Morgan fingerprint density at radius 2 is 2.06 bits per heavy atom. The Labute approximate surface area is 101 Å². The molecule has 0 radical (unpaired) electrons. The number of carbonyl (C=O) groups excluding carboxylic acids is 1. The van der Waals surface area contributed by atoms with Crippen LogP contribution in [-0.4, -0.2) is 10.9 Å². The smallest absolute Gasteiger partial charge is 0.229 e. The molecule has 1 N–H and O–H groups in total. The molecule has 0 bridgehead atoms. The molecule has 90 valence electrons. The van der Waals surface area contributed by atoms with E-state index in [1.54, 1.807) is 0 Å². The van der Waals surface area contributed by atoms with Crippen LogP contribution in [0.4, 0.5) is 5.13 Å². The Balaban J connectivity index is 0.000000606. The Morgan fingerprint density at radius 1 is 1.44 bits per heavy atom. The average molecular weight is 240 g/mol. The van der Waals surface area contributed by atoms with E-state index < -0.39 is 0 Å². The Kier molecular flexibility index (Phi) is 5.46. The molecule has 0 aliphatic heterocycles. The van der Waals surface area contributed by atoms with Gasteiger partial charge in [0.05, 0.1) is 5.69 Å². The van der Waals surface area contributed by atoms with Gasteiger partial charge in [0.25, 0.3) is 0 Å². The first kappa shape index (κ1) is 13.2. The summed E-state index contributed by atoms with van der Waals surface area (Å²) in [5.74, 6) is 0.371. The molecule has 1 fully saturated rings. The van der Waals surface area contributed by atoms with Crippen molar-refractivity contribution in [1.82, 2.24) is 4.98 Å². The van der Waals surface area contributed by atoms with Gasteiger partial charge in [-0.2, -0.15) is 0 Å². The maximum absolute atomic E-state index is 11.7. The van der Waals surface area contributed by atoms with Crippen LogP contribution in [0.5, 0.6) is 0 Å². The van der Waals surface area contributed by atoms with E-state index in [1.807, 2.05) is 26.2 Å². The third kappa shape index (κ3) is 3.59. The highest BCUT2D eigenvalue weighted by Gasteiger charge is 2.23. The molecule has 3 nitrogen and oxygen atoms in total. The van der Waals surface area contributed by atoms with Crippen LogP contribution in [0.3, 0.4) is 0 Å². The molecule has 1 saturated carbocycles. The predicted molar refractivity (Wildman–Crippen MR) is 68.8 cm³/mol. The number of rotatable bonds is 2. The molecule has 1 aliphatic rings. The third-order valence-electron chi connectivity index (χ3n) is 2.58. The molecular weight excluding hydrogens is 220 g/mol. The maximum atomic E-state index is 11.7. The van der Waals surface area contributed by atoms with Crippen molar-refractivity contribution < 1.29 is 4.79 Å². The minimum atomic E-state index is 0.150. The van der Waals surface area contributed by atoms with Crippen molar-refractivity contribution in [3.05, 3.63) is 11.1 Å². The summed E-state index contributed by atoms with van der Waals surface area (Å²) in [5, 5.41) is 5.56. The Morgan fingerprint density at radius 3 is 2.56 bits per heavy atom. The number of nitrogens with one attached hydrogen (secondary N) is 1. The molecule has 0 saturated heterocycles. The zero-order valence-electron chi connectivity index (χ0n) is 10.2. The number of amides is 1. The van der Waals surface area contributed by atoms with E-state index >= 15 is 0 Å². The first-order chi connectivity index (χ1) is 7.75. The van der Waals surface area contributed by atoms with Gasteiger partial charge < -0.3 is 5.32 Å². The number of nitrogens with zero attached hydrogens (tertiary/aromatic N) is 1. The highest BCUT2D eigenvalue weighted by Crippen LogP contribution is 2.26. The Bertz CT molecular complexity index is 330. The standard InChI is InChI=1S/C10H14N2OS.C2H6/c1-7-6-14-10(11-7)12-9(13)8-4-2-3-5-8;1-2/h6,8H,2-5H2,1H3,(H,11,12,13);1-2H3. The fourth-order valence-electron chi connectivity index (χ4n) is 1.81. The molecule has 0 atom stereocenters. The Hall–Kier alpha value is -0.900. The molecule has 1 amide bonds. The lowest BCUT2D eigenvalue weighted by atomic mass is 10.1. The molecule has 1 aliphatic carbocycles. The first-order valence-corrected chi connectivity index (χ1v) is 6.86. The van der Waals surface area contributed by atoms with E-state index in [0.29, 0.717) is 0 Å². The summed E-state index contributed by atoms with van der Waals surface area (Å²) in [4.78, 5) is 15.9. The van der Waals surface area contributed by atoms with Crippen LogP contribution in [0, 0.1) is 12.8 Å². The highest BCUT2D eigenvalue weighted by molar-refractivity contribution is 7.13. The molecule has 1 aromatic rings. The number of aryl methyl sites for hydroxylation is 1. The fraction of sp³-hybridized carbons (Fsp3) is 0.667. The second kappa shape index (κ2) is 6.63. The first-order valence-electron chi connectivity index (χ1n) is 5.99. The summed E-state index contributed by atoms with van der Waals surface area (Å²) in [6.45, 7) is 5.93. The van der Waals surface area contributed by atoms with Crippen molar-refractivity contribution in [2.24, 2.45) is 5.92 Å². The van der Waals surface area contributed by atoms with Crippen LogP contribution in [0.1, 0.15) is 45.2 Å². The fourth-order valence-corrected chi connectivity index (χ4v) is 2.50. The second-order valence-corrected chi connectivity index (χ2v) is 4.62. The summed E-state index contributed by atoms with van der Waals surface area (Å²) >= 11 is 1.49. The number of hydrogen-bond donors (Lipinski definition) is 1. The summed E-state index contributed by atoms with van der Waals surface area (Å²) in [5.41, 5.74) is 0.969. The van der Waals surface area contributed by atoms with Gasteiger partial charge in [-0.3, -0.25) is 4.79 Å². The van der Waals surface area contributed by atoms with Crippen LogP contribution in [-0.2, 0) is 4.79 Å². The molecule has 1 heterocycles. The zero-order valence-corrected chi connectivity index (χ0v) is 11.1. The summed E-state index contributed by atoms with van der Waals surface area (Å²) in [7, 11) is 0. The topological polar surface area (TPSA) is 42.0 Å². The summed E-state index contributed by atoms with van der Waals surface area (Å²) in [6.07, 6.45) is 4.45. The van der Waals surface area contributed by atoms with Crippen molar-refractivity contribution in [3.63, 3.8) is 0 Å². The van der Waals surface area contributed by atoms with E-state index in [2.05, 4.69) is 10.3 Å². The average Bonchev–Trinajstić information content (AvgIpc) is 2.92. The van der Waals surface area contributed by atoms with Crippen molar-refractivity contribution in [2.75, 3.05) is 5.32 Å². The van der Waals surface area contributed by atoms with E-state index in [0.717, 1.165) is 23.7 Å². The largest absolute Gasteiger partial charge is 0.302 e. The lowest BCUT2D eigenvalue weighted by molar-refractivity contribution is -0.119. The lowest BCUT2D eigenvalue weighted by Crippen LogP contribution is -2.20. The maximum Gasteiger partial charge on any atom is 0.229 e. The predicted octanol–water partition coefficient (Wildman–Crippen LogP) is 3.61. The number of aromatic nitrogens is 1. The van der Waals surface area contributed by atoms with Crippen LogP contribution >= 0.6 is 11.3 Å². The SMILES string of the molecule is CC.Cc1csc(NC(=O)C2CCCC2)n1. The second-order valence-electron chi connectivity index (χ2n) is 3.76. The zero-order chi connectivity index (χ0) is 12.0.